The van der Waals surface area contributed by atoms with Gasteiger partial charge in [0.15, 0.2) is 17.6 Å². The molecule has 0 N–H and O–H groups in total. The summed E-state index contributed by atoms with van der Waals surface area (Å²) in [7, 11) is 0. The highest BCUT2D eigenvalue weighted by Gasteiger charge is 2.44. The van der Waals surface area contributed by atoms with Crippen molar-refractivity contribution in [2.75, 3.05) is 19.9 Å². The zero-order valence-corrected chi connectivity index (χ0v) is 13.7. The molecule has 6 nitrogen and oxygen atoms in total. The van der Waals surface area contributed by atoms with Crippen molar-refractivity contribution >= 4 is 11.6 Å². The molecule has 2 aromatic carbocycles. The Morgan fingerprint density at radius 3 is 2.73 bits per heavy atom. The molecule has 3 aliphatic rings. The van der Waals surface area contributed by atoms with Crippen LogP contribution in [0.1, 0.15) is 15.9 Å². The Morgan fingerprint density at radius 1 is 1.08 bits per heavy atom. The standard InChI is InChI=1S/C19H15FN2O4/c20-13-4-1-11(2-5-13)18-14-8-22(9-17(14)26-21-18)19(23)12-3-6-15-16(7-12)25-10-24-15/h1-7,14,17H,8-10H2. The van der Waals surface area contributed by atoms with Gasteiger partial charge in [0.1, 0.15) is 5.82 Å². The molecule has 0 aromatic heterocycles. The summed E-state index contributed by atoms with van der Waals surface area (Å²) >= 11 is 0. The van der Waals surface area contributed by atoms with Gasteiger partial charge in [0, 0.05) is 17.7 Å². The van der Waals surface area contributed by atoms with Crippen LogP contribution >= 0.6 is 0 Å². The predicted molar refractivity (Wildman–Crippen MR) is 89.8 cm³/mol. The van der Waals surface area contributed by atoms with E-state index in [9.17, 15) is 9.18 Å². The molecule has 5 rings (SSSR count). The Balaban J connectivity index is 1.35. The number of fused-ring (bicyclic) bond motifs is 2. The number of hydrogen-bond acceptors (Lipinski definition) is 5. The third kappa shape index (κ3) is 2.39. The maximum Gasteiger partial charge on any atom is 0.254 e. The Bertz CT molecular complexity index is 912. The van der Waals surface area contributed by atoms with Crippen molar-refractivity contribution in [2.45, 2.75) is 6.10 Å². The molecule has 2 aromatic rings. The second kappa shape index (κ2) is 5.72. The monoisotopic (exact) mass is 354 g/mol. The van der Waals surface area contributed by atoms with E-state index in [4.69, 9.17) is 14.3 Å². The average Bonchev–Trinajstić information content (AvgIpc) is 3.36. The molecular weight excluding hydrogens is 339 g/mol. The number of likely N-dealkylation sites (tertiary alicyclic amines) is 1. The van der Waals surface area contributed by atoms with Gasteiger partial charge in [-0.1, -0.05) is 17.3 Å². The highest BCUT2D eigenvalue weighted by molar-refractivity contribution is 6.04. The number of halogens is 1. The molecule has 0 bridgehead atoms. The van der Waals surface area contributed by atoms with Crippen molar-refractivity contribution in [2.24, 2.45) is 11.1 Å². The highest BCUT2D eigenvalue weighted by Crippen LogP contribution is 2.34. The van der Waals surface area contributed by atoms with E-state index in [1.807, 2.05) is 0 Å². The quantitative estimate of drug-likeness (QED) is 0.831. The van der Waals surface area contributed by atoms with Crippen LogP contribution in [0.15, 0.2) is 47.6 Å². The molecule has 2 atom stereocenters. The smallest absolute Gasteiger partial charge is 0.254 e. The molecule has 1 saturated heterocycles. The first-order valence-corrected chi connectivity index (χ1v) is 8.37. The highest BCUT2D eigenvalue weighted by atomic mass is 19.1. The van der Waals surface area contributed by atoms with Gasteiger partial charge in [-0.3, -0.25) is 4.79 Å². The van der Waals surface area contributed by atoms with E-state index < -0.39 is 0 Å². The van der Waals surface area contributed by atoms with Gasteiger partial charge in [0.2, 0.25) is 6.79 Å². The average molecular weight is 354 g/mol. The zero-order chi connectivity index (χ0) is 17.7. The van der Waals surface area contributed by atoms with Crippen molar-refractivity contribution in [3.63, 3.8) is 0 Å². The predicted octanol–water partition coefficient (Wildman–Crippen LogP) is 2.43. The Hall–Kier alpha value is -3.09. The molecule has 26 heavy (non-hydrogen) atoms. The van der Waals surface area contributed by atoms with E-state index in [1.54, 1.807) is 35.2 Å². The molecule has 132 valence electrons. The van der Waals surface area contributed by atoms with Crippen molar-refractivity contribution in [1.29, 1.82) is 0 Å². The van der Waals surface area contributed by atoms with Crippen molar-refractivity contribution in [3.8, 4) is 11.5 Å². The van der Waals surface area contributed by atoms with Crippen LogP contribution in [0.5, 0.6) is 11.5 Å². The third-order valence-electron chi connectivity index (χ3n) is 4.95. The van der Waals surface area contributed by atoms with E-state index in [1.165, 1.54) is 12.1 Å². The minimum Gasteiger partial charge on any atom is -0.454 e. The van der Waals surface area contributed by atoms with Crippen molar-refractivity contribution in [1.82, 2.24) is 4.90 Å². The van der Waals surface area contributed by atoms with Gasteiger partial charge < -0.3 is 19.2 Å². The molecule has 3 heterocycles. The number of nitrogens with zero attached hydrogens (tertiary/aromatic N) is 2. The lowest BCUT2D eigenvalue weighted by Crippen LogP contribution is -2.30. The number of carbonyl (C=O) groups is 1. The third-order valence-corrected chi connectivity index (χ3v) is 4.95. The summed E-state index contributed by atoms with van der Waals surface area (Å²) in [6, 6.07) is 11.3. The Morgan fingerprint density at radius 2 is 1.88 bits per heavy atom. The second-order valence-corrected chi connectivity index (χ2v) is 6.51. The minimum absolute atomic E-state index is 0.0154. The minimum atomic E-state index is -0.296. The Labute approximate surface area is 148 Å². The number of amides is 1. The summed E-state index contributed by atoms with van der Waals surface area (Å²) in [6.07, 6.45) is -0.173. The lowest BCUT2D eigenvalue weighted by atomic mass is 9.95. The molecule has 2 unspecified atom stereocenters. The number of rotatable bonds is 2. The molecule has 0 saturated carbocycles. The first-order chi connectivity index (χ1) is 12.7. The van der Waals surface area contributed by atoms with Gasteiger partial charge in [-0.05, 0) is 30.3 Å². The van der Waals surface area contributed by atoms with Crippen LogP contribution in [0, 0.1) is 11.7 Å². The summed E-state index contributed by atoms with van der Waals surface area (Å²) in [5.41, 5.74) is 2.13. The van der Waals surface area contributed by atoms with Gasteiger partial charge in [-0.25, -0.2) is 4.39 Å². The van der Waals surface area contributed by atoms with E-state index in [-0.39, 0.29) is 30.5 Å². The van der Waals surface area contributed by atoms with Crippen LogP contribution in [0.3, 0.4) is 0 Å². The largest absolute Gasteiger partial charge is 0.454 e. The normalized spacial score (nSPS) is 22.8. The van der Waals surface area contributed by atoms with Gasteiger partial charge in [-0.2, -0.15) is 0 Å². The number of ether oxygens (including phenoxy) is 2. The second-order valence-electron chi connectivity index (χ2n) is 6.51. The topological polar surface area (TPSA) is 60.4 Å². The fourth-order valence-corrected chi connectivity index (χ4v) is 3.60. The summed E-state index contributed by atoms with van der Waals surface area (Å²) < 4.78 is 23.8. The molecule has 3 aliphatic heterocycles. The van der Waals surface area contributed by atoms with Crippen LogP contribution in [0.25, 0.3) is 0 Å². The summed E-state index contributed by atoms with van der Waals surface area (Å²) in [4.78, 5) is 20.1. The summed E-state index contributed by atoms with van der Waals surface area (Å²) in [6.45, 7) is 1.15. The fourth-order valence-electron chi connectivity index (χ4n) is 3.60. The van der Waals surface area contributed by atoms with E-state index in [0.717, 1.165) is 11.3 Å². The van der Waals surface area contributed by atoms with Gasteiger partial charge >= 0.3 is 0 Å². The van der Waals surface area contributed by atoms with E-state index >= 15 is 0 Å². The molecule has 0 radical (unpaired) electrons. The zero-order valence-electron chi connectivity index (χ0n) is 13.7. The number of hydrogen-bond donors (Lipinski definition) is 0. The maximum absolute atomic E-state index is 13.1. The van der Waals surface area contributed by atoms with Gasteiger partial charge in [-0.15, -0.1) is 0 Å². The lowest BCUT2D eigenvalue weighted by Gasteiger charge is -2.17. The first-order valence-electron chi connectivity index (χ1n) is 8.37. The molecule has 0 aliphatic carbocycles. The summed E-state index contributed by atoms with van der Waals surface area (Å²) in [5, 5.41) is 4.15. The van der Waals surface area contributed by atoms with Gasteiger partial charge in [0.05, 0.1) is 18.2 Å². The number of benzene rings is 2. The van der Waals surface area contributed by atoms with E-state index in [2.05, 4.69) is 5.16 Å². The molecule has 1 amide bonds. The molecule has 1 fully saturated rings. The Kier molecular flexibility index (Phi) is 3.34. The SMILES string of the molecule is O=C(c1ccc2c(c1)OCO2)N1CC2ON=C(c3ccc(F)cc3)C2C1. The van der Waals surface area contributed by atoms with Crippen LogP contribution in [0.4, 0.5) is 4.39 Å². The van der Waals surface area contributed by atoms with Crippen molar-refractivity contribution < 1.29 is 23.5 Å². The first kappa shape index (κ1) is 15.2. The van der Waals surface area contributed by atoms with Crippen LogP contribution in [0.2, 0.25) is 0 Å². The van der Waals surface area contributed by atoms with E-state index in [0.29, 0.717) is 30.2 Å². The van der Waals surface area contributed by atoms with Gasteiger partial charge in [0.25, 0.3) is 5.91 Å². The number of oxime groups is 1. The molecule has 0 spiro atoms. The van der Waals surface area contributed by atoms with Crippen LogP contribution in [-0.4, -0.2) is 42.5 Å². The van der Waals surface area contributed by atoms with Crippen LogP contribution < -0.4 is 9.47 Å². The fraction of sp³-hybridized carbons (Fsp3) is 0.263. The molecule has 7 heteroatoms. The summed E-state index contributed by atoms with van der Waals surface area (Å²) in [5.74, 6) is 0.836. The van der Waals surface area contributed by atoms with Crippen LogP contribution in [-0.2, 0) is 4.84 Å². The maximum atomic E-state index is 13.1. The number of carbonyl (C=O) groups excluding carboxylic acids is 1. The molecular formula is C19H15FN2O4. The van der Waals surface area contributed by atoms with Crippen molar-refractivity contribution in [3.05, 3.63) is 59.4 Å². The lowest BCUT2D eigenvalue weighted by molar-refractivity contribution is 0.0631.